The number of urea groups is 1. The van der Waals surface area contributed by atoms with E-state index in [1.165, 1.54) is 12.4 Å². The molecule has 0 aliphatic carbocycles. The maximum absolute atomic E-state index is 12.4. The summed E-state index contributed by atoms with van der Waals surface area (Å²) in [5.74, 6) is 2.14. The molecule has 0 spiro atoms. The van der Waals surface area contributed by atoms with E-state index in [0.29, 0.717) is 47.6 Å². The second-order valence-corrected chi connectivity index (χ2v) is 10.0. The first kappa shape index (κ1) is 24.6. The molecule has 13 heteroatoms. The van der Waals surface area contributed by atoms with Gasteiger partial charge in [0, 0.05) is 38.5 Å². The van der Waals surface area contributed by atoms with E-state index in [-0.39, 0.29) is 17.3 Å². The van der Waals surface area contributed by atoms with Crippen molar-refractivity contribution in [3.05, 3.63) is 41.9 Å². The van der Waals surface area contributed by atoms with E-state index >= 15 is 0 Å². The van der Waals surface area contributed by atoms with E-state index in [1.54, 1.807) is 28.6 Å². The van der Waals surface area contributed by atoms with E-state index in [1.807, 2.05) is 24.6 Å². The Hall–Kier alpha value is -4.70. The number of pyridine rings is 2. The van der Waals surface area contributed by atoms with E-state index in [2.05, 4.69) is 36.8 Å². The Morgan fingerprint density at radius 3 is 2.77 bits per heavy atom. The van der Waals surface area contributed by atoms with Crippen LogP contribution in [0.1, 0.15) is 37.9 Å². The number of carbonyl (C=O) groups is 1. The van der Waals surface area contributed by atoms with Gasteiger partial charge in [0.1, 0.15) is 34.3 Å². The number of rotatable bonds is 5. The standard InChI is InChI=1S/C26H28N10O3/c1-26(2)19-13-21(33-36(19)10-11-38-26)30-24-32-23-22(34(24)3)17(14-27)18(15-29-23)39-16-6-7-28-20(12-16)31-25(37)35-8-4-5-9-35/h6-7,12-13,15H,4-5,8-11H2,1-3H3,(H,28,31,37)(H,29,30,32,33). The molecule has 200 valence electrons. The maximum atomic E-state index is 12.4. The van der Waals surface area contributed by atoms with Crippen molar-refractivity contribution in [2.75, 3.05) is 30.3 Å². The van der Waals surface area contributed by atoms with Crippen molar-refractivity contribution in [3.63, 3.8) is 0 Å². The first-order valence-electron chi connectivity index (χ1n) is 12.8. The molecule has 0 aromatic carbocycles. The molecule has 0 radical (unpaired) electrons. The molecule has 4 aromatic rings. The van der Waals surface area contributed by atoms with Crippen molar-refractivity contribution in [2.24, 2.45) is 7.05 Å². The fraction of sp³-hybridized carbons (Fsp3) is 0.385. The monoisotopic (exact) mass is 528 g/mol. The predicted octanol–water partition coefficient (Wildman–Crippen LogP) is 3.86. The molecule has 0 unspecified atom stereocenters. The number of nitrogens with zero attached hydrogens (tertiary/aromatic N) is 8. The number of fused-ring (bicyclic) bond motifs is 2. The molecular weight excluding hydrogens is 500 g/mol. The second kappa shape index (κ2) is 9.55. The van der Waals surface area contributed by atoms with Crippen molar-refractivity contribution in [3.8, 4) is 17.6 Å². The lowest BCUT2D eigenvalue weighted by Crippen LogP contribution is -2.33. The molecule has 1 saturated heterocycles. The van der Waals surface area contributed by atoms with Crippen molar-refractivity contribution in [2.45, 2.75) is 38.8 Å². The molecule has 6 heterocycles. The summed E-state index contributed by atoms with van der Waals surface area (Å²) >= 11 is 0. The third-order valence-corrected chi connectivity index (χ3v) is 6.97. The largest absolute Gasteiger partial charge is 0.454 e. The summed E-state index contributed by atoms with van der Waals surface area (Å²) in [5, 5.41) is 20.8. The van der Waals surface area contributed by atoms with Gasteiger partial charge in [0.15, 0.2) is 17.2 Å². The van der Waals surface area contributed by atoms with Gasteiger partial charge < -0.3 is 24.3 Å². The lowest BCUT2D eigenvalue weighted by molar-refractivity contribution is -0.0532. The number of imidazole rings is 1. The number of anilines is 3. The number of hydrogen-bond donors (Lipinski definition) is 2. The highest BCUT2D eigenvalue weighted by atomic mass is 16.5. The van der Waals surface area contributed by atoms with Crippen LogP contribution < -0.4 is 15.4 Å². The van der Waals surface area contributed by atoms with Crippen LogP contribution in [0, 0.1) is 11.3 Å². The van der Waals surface area contributed by atoms with Gasteiger partial charge in [-0.3, -0.25) is 10.00 Å². The summed E-state index contributed by atoms with van der Waals surface area (Å²) in [6.07, 6.45) is 5.00. The van der Waals surface area contributed by atoms with Gasteiger partial charge in [-0.2, -0.15) is 15.3 Å². The quantitative estimate of drug-likeness (QED) is 0.394. The average Bonchev–Trinajstić information content (AvgIpc) is 3.65. The summed E-state index contributed by atoms with van der Waals surface area (Å²) in [4.78, 5) is 27.4. The van der Waals surface area contributed by atoms with Gasteiger partial charge in [0.05, 0.1) is 25.0 Å². The number of likely N-dealkylation sites (tertiary alicyclic amines) is 1. The first-order chi connectivity index (χ1) is 18.8. The van der Waals surface area contributed by atoms with Crippen LogP contribution in [0.3, 0.4) is 0 Å². The molecule has 0 saturated carbocycles. The Labute approximate surface area is 224 Å². The normalized spacial score (nSPS) is 16.1. The zero-order chi connectivity index (χ0) is 27.1. The van der Waals surface area contributed by atoms with E-state index < -0.39 is 5.60 Å². The Kier molecular flexibility index (Phi) is 6.03. The minimum atomic E-state index is -0.441. The summed E-state index contributed by atoms with van der Waals surface area (Å²) in [5.41, 5.74) is 1.71. The third kappa shape index (κ3) is 4.59. The van der Waals surface area contributed by atoms with Crippen LogP contribution in [-0.4, -0.2) is 59.9 Å². The molecule has 2 N–H and O–H groups in total. The predicted molar refractivity (Wildman–Crippen MR) is 142 cm³/mol. The van der Waals surface area contributed by atoms with Gasteiger partial charge >= 0.3 is 6.03 Å². The van der Waals surface area contributed by atoms with Gasteiger partial charge in [0.2, 0.25) is 5.95 Å². The van der Waals surface area contributed by atoms with Crippen LogP contribution in [0.2, 0.25) is 0 Å². The zero-order valence-electron chi connectivity index (χ0n) is 21.9. The molecular formula is C26H28N10O3. The molecule has 2 aliphatic rings. The Bertz CT molecular complexity index is 1610. The molecule has 39 heavy (non-hydrogen) atoms. The maximum Gasteiger partial charge on any atom is 0.323 e. The Balaban J connectivity index is 1.26. The molecule has 6 rings (SSSR count). The number of nitrogens with one attached hydrogen (secondary N) is 2. The summed E-state index contributed by atoms with van der Waals surface area (Å²) in [6.45, 7) is 6.75. The van der Waals surface area contributed by atoms with E-state index in [0.717, 1.165) is 31.6 Å². The van der Waals surface area contributed by atoms with Crippen molar-refractivity contribution in [1.29, 1.82) is 5.26 Å². The SMILES string of the molecule is Cn1c(Nc2cc3n(n2)CCOC3(C)C)nc2ncc(Oc3ccnc(NC(=O)N4CCCC4)c3)c(C#N)c21. The Morgan fingerprint density at radius 2 is 2.00 bits per heavy atom. The summed E-state index contributed by atoms with van der Waals surface area (Å²) < 4.78 is 15.6. The minimum Gasteiger partial charge on any atom is -0.454 e. The van der Waals surface area contributed by atoms with Gasteiger partial charge in [-0.25, -0.2) is 14.8 Å². The fourth-order valence-corrected chi connectivity index (χ4v) is 4.94. The number of ether oxygens (including phenoxy) is 2. The third-order valence-electron chi connectivity index (χ3n) is 6.97. The van der Waals surface area contributed by atoms with Crippen molar-refractivity contribution in [1.82, 2.24) is 34.2 Å². The average molecular weight is 529 g/mol. The first-order valence-corrected chi connectivity index (χ1v) is 12.8. The lowest BCUT2D eigenvalue weighted by atomic mass is 10.0. The van der Waals surface area contributed by atoms with Gasteiger partial charge in [0.25, 0.3) is 0 Å². The molecule has 2 aliphatic heterocycles. The van der Waals surface area contributed by atoms with Crippen molar-refractivity contribution < 1.29 is 14.3 Å². The van der Waals surface area contributed by atoms with Gasteiger partial charge in [-0.15, -0.1) is 0 Å². The molecule has 0 atom stereocenters. The second-order valence-electron chi connectivity index (χ2n) is 10.0. The van der Waals surface area contributed by atoms with Crippen LogP contribution in [0.25, 0.3) is 11.2 Å². The van der Waals surface area contributed by atoms with Crippen LogP contribution in [0.5, 0.6) is 11.5 Å². The van der Waals surface area contributed by atoms with Crippen LogP contribution in [0.4, 0.5) is 22.4 Å². The molecule has 1 fully saturated rings. The topological polar surface area (TPSA) is 148 Å². The lowest BCUT2D eigenvalue weighted by Gasteiger charge is -2.30. The number of nitriles is 1. The minimum absolute atomic E-state index is 0.192. The molecule has 13 nitrogen and oxygen atoms in total. The Morgan fingerprint density at radius 1 is 1.18 bits per heavy atom. The molecule has 4 aromatic heterocycles. The highest BCUT2D eigenvalue weighted by Gasteiger charge is 2.31. The van der Waals surface area contributed by atoms with Gasteiger partial charge in [-0.1, -0.05) is 0 Å². The summed E-state index contributed by atoms with van der Waals surface area (Å²) in [7, 11) is 1.80. The molecule has 2 amide bonds. The van der Waals surface area contributed by atoms with Crippen LogP contribution in [0.15, 0.2) is 30.6 Å². The fourth-order valence-electron chi connectivity index (χ4n) is 4.94. The highest BCUT2D eigenvalue weighted by molar-refractivity contribution is 5.88. The number of carbonyl (C=O) groups excluding carboxylic acids is 1. The number of aromatic nitrogens is 6. The number of hydrogen-bond acceptors (Lipinski definition) is 9. The van der Waals surface area contributed by atoms with Crippen molar-refractivity contribution >= 4 is 34.8 Å². The highest BCUT2D eigenvalue weighted by Crippen LogP contribution is 2.34. The van der Waals surface area contributed by atoms with E-state index in [4.69, 9.17) is 9.47 Å². The zero-order valence-corrected chi connectivity index (χ0v) is 21.9. The molecule has 0 bridgehead atoms. The van der Waals surface area contributed by atoms with Gasteiger partial charge in [-0.05, 0) is 32.8 Å². The van der Waals surface area contributed by atoms with Crippen LogP contribution in [-0.2, 0) is 23.9 Å². The summed E-state index contributed by atoms with van der Waals surface area (Å²) in [6, 6.07) is 7.24. The van der Waals surface area contributed by atoms with E-state index in [9.17, 15) is 10.1 Å². The van der Waals surface area contributed by atoms with Crippen LogP contribution >= 0.6 is 0 Å². The number of amides is 2. The smallest absolute Gasteiger partial charge is 0.323 e. The number of aryl methyl sites for hydroxylation is 1.